The quantitative estimate of drug-likeness (QED) is 0.534. The minimum absolute atomic E-state index is 0.685. The molecule has 3 aromatic rings. The molecular formula is C25H27O4. The van der Waals surface area contributed by atoms with Crippen LogP contribution < -0.4 is 18.9 Å². The molecule has 0 atom stereocenters. The minimum Gasteiger partial charge on any atom is -0.496 e. The topological polar surface area (TPSA) is 36.9 Å². The van der Waals surface area contributed by atoms with Crippen LogP contribution in [0, 0.1) is 26.8 Å². The summed E-state index contributed by atoms with van der Waals surface area (Å²) in [5.41, 5.74) is 6.93. The average Bonchev–Trinajstić information content (AvgIpc) is 2.72. The summed E-state index contributed by atoms with van der Waals surface area (Å²) in [4.78, 5) is 0. The van der Waals surface area contributed by atoms with Crippen molar-refractivity contribution in [1.29, 1.82) is 0 Å². The lowest BCUT2D eigenvalue weighted by Gasteiger charge is -2.20. The van der Waals surface area contributed by atoms with Crippen LogP contribution in [0.1, 0.15) is 16.7 Å². The molecule has 29 heavy (non-hydrogen) atoms. The summed E-state index contributed by atoms with van der Waals surface area (Å²) in [7, 11) is 6.68. The second-order valence-corrected chi connectivity index (χ2v) is 6.94. The van der Waals surface area contributed by atoms with Crippen molar-refractivity contribution in [2.24, 2.45) is 0 Å². The predicted molar refractivity (Wildman–Crippen MR) is 117 cm³/mol. The molecule has 0 amide bonds. The first-order chi connectivity index (χ1) is 13.9. The standard InChI is InChI=1S/C25H27O4/c1-15-12-18(8-10-21(15)26-4)20-14-17(3)24(28-6)25(29-7)23(20)19-9-11-22(27-5)16(2)13-19/h8-13H,1-7H3. The van der Waals surface area contributed by atoms with Gasteiger partial charge < -0.3 is 18.9 Å². The maximum Gasteiger partial charge on any atom is 0.169 e. The Hall–Kier alpha value is -3.14. The van der Waals surface area contributed by atoms with Crippen LogP contribution >= 0.6 is 0 Å². The number of hydrogen-bond donors (Lipinski definition) is 0. The summed E-state index contributed by atoms with van der Waals surface area (Å²) in [5.74, 6) is 3.08. The van der Waals surface area contributed by atoms with E-state index in [9.17, 15) is 0 Å². The number of aryl methyl sites for hydroxylation is 3. The van der Waals surface area contributed by atoms with Crippen LogP contribution in [0.5, 0.6) is 23.0 Å². The van der Waals surface area contributed by atoms with E-state index in [4.69, 9.17) is 18.9 Å². The van der Waals surface area contributed by atoms with Crippen molar-refractivity contribution in [2.45, 2.75) is 20.8 Å². The Balaban J connectivity index is 2.35. The molecule has 1 radical (unpaired) electrons. The number of benzene rings is 3. The molecule has 0 saturated heterocycles. The fraction of sp³-hybridized carbons (Fsp3) is 0.280. The molecule has 0 fully saturated rings. The number of hydrogen-bond acceptors (Lipinski definition) is 4. The van der Waals surface area contributed by atoms with Crippen LogP contribution in [-0.2, 0) is 0 Å². The molecule has 0 heterocycles. The second kappa shape index (κ2) is 8.48. The normalized spacial score (nSPS) is 10.6. The molecule has 0 aliphatic rings. The Labute approximate surface area is 173 Å². The SMILES string of the molecule is COc1ccc(-c2[c]c(C)c(OC)c(OC)c2-c2ccc(OC)c(C)c2)cc1C. The molecule has 151 valence electrons. The van der Waals surface area contributed by atoms with Crippen LogP contribution in [0.3, 0.4) is 0 Å². The molecule has 0 spiro atoms. The maximum atomic E-state index is 5.84. The van der Waals surface area contributed by atoms with Crippen molar-refractivity contribution in [3.05, 3.63) is 59.2 Å². The smallest absolute Gasteiger partial charge is 0.169 e. The zero-order valence-electron chi connectivity index (χ0n) is 18.1. The zero-order chi connectivity index (χ0) is 21.1. The van der Waals surface area contributed by atoms with Gasteiger partial charge in [-0.3, -0.25) is 0 Å². The lowest BCUT2D eigenvalue weighted by atomic mass is 9.90. The van der Waals surface area contributed by atoms with Gasteiger partial charge in [0.25, 0.3) is 0 Å². The van der Waals surface area contributed by atoms with Gasteiger partial charge in [-0.05, 0) is 73.4 Å². The summed E-state index contributed by atoms with van der Waals surface area (Å²) in [5, 5.41) is 0. The third-order valence-electron chi connectivity index (χ3n) is 5.11. The first-order valence-electron chi connectivity index (χ1n) is 9.43. The zero-order valence-corrected chi connectivity index (χ0v) is 18.1. The molecule has 0 aromatic heterocycles. The van der Waals surface area contributed by atoms with Gasteiger partial charge in [0.05, 0.1) is 28.4 Å². The van der Waals surface area contributed by atoms with Crippen molar-refractivity contribution < 1.29 is 18.9 Å². The van der Waals surface area contributed by atoms with Gasteiger partial charge >= 0.3 is 0 Å². The van der Waals surface area contributed by atoms with Crippen LogP contribution in [0.2, 0.25) is 0 Å². The van der Waals surface area contributed by atoms with E-state index in [1.807, 2.05) is 45.0 Å². The predicted octanol–water partition coefficient (Wildman–Crippen LogP) is 5.78. The van der Waals surface area contributed by atoms with Crippen LogP contribution in [0.25, 0.3) is 22.3 Å². The van der Waals surface area contributed by atoms with E-state index in [1.54, 1.807) is 28.4 Å². The fourth-order valence-corrected chi connectivity index (χ4v) is 3.70. The van der Waals surface area contributed by atoms with Gasteiger partial charge in [-0.2, -0.15) is 0 Å². The highest BCUT2D eigenvalue weighted by Gasteiger charge is 2.22. The molecule has 0 saturated carbocycles. The Kier molecular flexibility index (Phi) is 6.02. The lowest BCUT2D eigenvalue weighted by molar-refractivity contribution is 0.354. The first-order valence-corrected chi connectivity index (χ1v) is 9.43. The van der Waals surface area contributed by atoms with Gasteiger partial charge in [-0.1, -0.05) is 12.1 Å². The summed E-state index contributed by atoms with van der Waals surface area (Å²) < 4.78 is 22.4. The molecule has 4 heteroatoms. The molecule has 0 aliphatic carbocycles. The molecule has 0 unspecified atom stereocenters. The van der Waals surface area contributed by atoms with Crippen molar-refractivity contribution in [3.8, 4) is 45.3 Å². The van der Waals surface area contributed by atoms with Crippen LogP contribution in [0.15, 0.2) is 36.4 Å². The van der Waals surface area contributed by atoms with Gasteiger partial charge in [0, 0.05) is 16.7 Å². The van der Waals surface area contributed by atoms with E-state index in [0.717, 1.165) is 50.4 Å². The molecular weight excluding hydrogens is 364 g/mol. The van der Waals surface area contributed by atoms with Gasteiger partial charge in [-0.25, -0.2) is 0 Å². The highest BCUT2D eigenvalue weighted by Crippen LogP contribution is 2.47. The Morgan fingerprint density at radius 3 is 1.62 bits per heavy atom. The fourth-order valence-electron chi connectivity index (χ4n) is 3.70. The largest absolute Gasteiger partial charge is 0.496 e. The summed E-state index contributed by atoms with van der Waals surface area (Å²) in [6.45, 7) is 6.04. The monoisotopic (exact) mass is 391 g/mol. The number of rotatable bonds is 6. The van der Waals surface area contributed by atoms with Crippen LogP contribution in [-0.4, -0.2) is 28.4 Å². The van der Waals surface area contributed by atoms with Crippen LogP contribution in [0.4, 0.5) is 0 Å². The number of methoxy groups -OCH3 is 4. The van der Waals surface area contributed by atoms with E-state index >= 15 is 0 Å². The maximum absolute atomic E-state index is 5.84. The summed E-state index contributed by atoms with van der Waals surface area (Å²) in [6, 6.07) is 15.8. The van der Waals surface area contributed by atoms with Gasteiger partial charge in [0.1, 0.15) is 11.5 Å². The van der Waals surface area contributed by atoms with Crippen molar-refractivity contribution >= 4 is 0 Å². The van der Waals surface area contributed by atoms with Crippen molar-refractivity contribution in [1.82, 2.24) is 0 Å². The van der Waals surface area contributed by atoms with E-state index in [2.05, 4.69) is 18.2 Å². The van der Waals surface area contributed by atoms with E-state index in [1.165, 1.54) is 0 Å². The Morgan fingerprint density at radius 1 is 0.621 bits per heavy atom. The molecule has 0 bridgehead atoms. The Morgan fingerprint density at radius 2 is 1.14 bits per heavy atom. The molecule has 3 aromatic carbocycles. The molecule has 0 aliphatic heterocycles. The van der Waals surface area contributed by atoms with E-state index < -0.39 is 0 Å². The average molecular weight is 391 g/mol. The molecule has 4 nitrogen and oxygen atoms in total. The highest BCUT2D eigenvalue weighted by molar-refractivity contribution is 5.90. The highest BCUT2D eigenvalue weighted by atomic mass is 16.5. The van der Waals surface area contributed by atoms with Gasteiger partial charge in [0.15, 0.2) is 11.5 Å². The van der Waals surface area contributed by atoms with Gasteiger partial charge in [-0.15, -0.1) is 0 Å². The van der Waals surface area contributed by atoms with Crippen molar-refractivity contribution in [3.63, 3.8) is 0 Å². The first kappa shape index (κ1) is 20.6. The minimum atomic E-state index is 0.685. The second-order valence-electron chi connectivity index (χ2n) is 6.94. The Bertz CT molecular complexity index is 1040. The molecule has 0 N–H and O–H groups in total. The number of ether oxygens (including phenoxy) is 4. The van der Waals surface area contributed by atoms with E-state index in [-0.39, 0.29) is 0 Å². The third-order valence-corrected chi connectivity index (χ3v) is 5.11. The lowest BCUT2D eigenvalue weighted by Crippen LogP contribution is -2.00. The third kappa shape index (κ3) is 3.75. The summed E-state index contributed by atoms with van der Waals surface area (Å²) >= 11 is 0. The van der Waals surface area contributed by atoms with Crippen molar-refractivity contribution in [2.75, 3.05) is 28.4 Å². The molecule has 3 rings (SSSR count). The van der Waals surface area contributed by atoms with Gasteiger partial charge in [0.2, 0.25) is 0 Å². The summed E-state index contributed by atoms with van der Waals surface area (Å²) in [6.07, 6.45) is 0. The van der Waals surface area contributed by atoms with E-state index in [0.29, 0.717) is 11.5 Å².